The summed E-state index contributed by atoms with van der Waals surface area (Å²) >= 11 is 0. The molecule has 43 heavy (non-hydrogen) atoms. The minimum absolute atomic E-state index is 0.0411. The van der Waals surface area contributed by atoms with Crippen molar-refractivity contribution in [3.05, 3.63) is 112 Å². The minimum Gasteiger partial charge on any atom is -0.461 e. The van der Waals surface area contributed by atoms with Crippen LogP contribution in [0.1, 0.15) is 62.1 Å². The number of furan rings is 1. The third-order valence-corrected chi connectivity index (χ3v) is 6.63. The molecule has 1 fully saturated rings. The molecule has 0 spiro atoms. The second-order valence-corrected chi connectivity index (χ2v) is 10.9. The number of carbonyl (C=O) groups excluding carboxylic acids is 2. The van der Waals surface area contributed by atoms with E-state index < -0.39 is 11.5 Å². The zero-order chi connectivity index (χ0) is 32.0. The van der Waals surface area contributed by atoms with Crippen LogP contribution >= 0.6 is 0 Å². The van der Waals surface area contributed by atoms with Crippen LogP contribution in [0.3, 0.4) is 0 Å². The Hall–Kier alpha value is -4.16. The van der Waals surface area contributed by atoms with Crippen LogP contribution in [0.15, 0.2) is 88.9 Å². The molecule has 6 heteroatoms. The molecular weight excluding hydrogens is 540 g/mol. The molecule has 0 aliphatic carbocycles. The van der Waals surface area contributed by atoms with E-state index in [1.165, 1.54) is 11.1 Å². The molecule has 1 N–H and O–H groups in total. The number of hydrogen-bond acceptors (Lipinski definition) is 6. The van der Waals surface area contributed by atoms with Gasteiger partial charge in [0.1, 0.15) is 24.1 Å². The second-order valence-electron chi connectivity index (χ2n) is 10.9. The number of aliphatic hydroxyl groups excluding tert-OH is 1. The molecule has 0 bridgehead atoms. The van der Waals surface area contributed by atoms with E-state index in [-0.39, 0.29) is 18.5 Å². The second kappa shape index (κ2) is 17.1. The van der Waals surface area contributed by atoms with E-state index in [2.05, 4.69) is 44.2 Å². The van der Waals surface area contributed by atoms with Gasteiger partial charge in [-0.2, -0.15) is 0 Å². The van der Waals surface area contributed by atoms with Gasteiger partial charge < -0.3 is 19.0 Å². The lowest BCUT2D eigenvalue weighted by Gasteiger charge is -2.22. The van der Waals surface area contributed by atoms with Crippen molar-refractivity contribution in [3.8, 4) is 0 Å². The van der Waals surface area contributed by atoms with E-state index in [0.29, 0.717) is 18.4 Å². The first-order valence-electron chi connectivity index (χ1n) is 14.7. The monoisotopic (exact) mass is 586 g/mol. The van der Waals surface area contributed by atoms with Gasteiger partial charge in [0.2, 0.25) is 0 Å². The summed E-state index contributed by atoms with van der Waals surface area (Å²) in [5.41, 5.74) is 5.38. The molecule has 2 heterocycles. The fourth-order valence-corrected chi connectivity index (χ4v) is 4.37. The highest BCUT2D eigenvalue weighted by molar-refractivity contribution is 5.95. The number of rotatable bonds is 6. The molecule has 1 saturated heterocycles. The van der Waals surface area contributed by atoms with E-state index in [1.54, 1.807) is 0 Å². The van der Waals surface area contributed by atoms with Crippen LogP contribution < -0.4 is 0 Å². The Bertz CT molecular complexity index is 1440. The molecular formula is C37H46O6. The lowest BCUT2D eigenvalue weighted by molar-refractivity contribution is -0.160. The quantitative estimate of drug-likeness (QED) is 0.181. The maximum atomic E-state index is 12.7. The highest BCUT2D eigenvalue weighted by Gasteiger charge is 2.34. The van der Waals surface area contributed by atoms with Crippen LogP contribution in [-0.4, -0.2) is 36.9 Å². The maximum absolute atomic E-state index is 12.7. The number of aryl methyl sites for hydroxylation is 3. The number of cyclic esters (lactones) is 1. The first kappa shape index (κ1) is 35.0. The summed E-state index contributed by atoms with van der Waals surface area (Å²) in [5.74, 6) is 0.0327. The van der Waals surface area contributed by atoms with Gasteiger partial charge in [-0.3, -0.25) is 4.79 Å². The van der Waals surface area contributed by atoms with E-state index in [9.17, 15) is 9.59 Å². The van der Waals surface area contributed by atoms with Gasteiger partial charge in [-0.05, 0) is 64.5 Å². The van der Waals surface area contributed by atoms with Crippen LogP contribution in [0.4, 0.5) is 0 Å². The van der Waals surface area contributed by atoms with Gasteiger partial charge >= 0.3 is 11.9 Å². The Morgan fingerprint density at radius 3 is 2.09 bits per heavy atom. The normalized spacial score (nSPS) is 14.9. The van der Waals surface area contributed by atoms with Crippen molar-refractivity contribution in [3.63, 3.8) is 0 Å². The van der Waals surface area contributed by atoms with Crippen LogP contribution in [0.5, 0.6) is 0 Å². The summed E-state index contributed by atoms with van der Waals surface area (Å²) < 4.78 is 16.8. The van der Waals surface area contributed by atoms with Crippen molar-refractivity contribution in [1.82, 2.24) is 0 Å². The predicted molar refractivity (Wildman–Crippen MR) is 174 cm³/mol. The number of benzene rings is 3. The third kappa shape index (κ3) is 10.9. The third-order valence-electron chi connectivity index (χ3n) is 6.63. The molecule has 230 valence electrons. The molecule has 6 nitrogen and oxygen atoms in total. The van der Waals surface area contributed by atoms with E-state index in [4.69, 9.17) is 19.0 Å². The average molecular weight is 587 g/mol. The summed E-state index contributed by atoms with van der Waals surface area (Å²) in [6.07, 6.45) is 2.20. The Morgan fingerprint density at radius 2 is 1.49 bits per heavy atom. The standard InChI is InChI=1S/C26H26O5.C8H10.C2H6.CH4O/c1-17-9-10-23-19(11-17)13-21(30-23)15-26(2,3)25(28)29-16-22-14-20(24(27)31-22)12-18-7-5-4-6-8-18;1-7-3-5-8(2)6-4-7;2*1-2/h4-13,22H,14-16H2,1-3H3;3-6H,1-2H3;1-2H3;2H,1H3/b20-12+;;;. The summed E-state index contributed by atoms with van der Waals surface area (Å²) in [6.45, 7) is 13.9. The molecule has 3 aromatic carbocycles. The van der Waals surface area contributed by atoms with Crippen molar-refractivity contribution in [1.29, 1.82) is 0 Å². The molecule has 1 aliphatic rings. The SMILES string of the molecule is CC.CO.Cc1ccc(C)cc1.Cc1ccc2oc(CC(C)(C)C(=O)OCC3C/C(=C\c4ccccc4)C(=O)O3)cc2c1. The van der Waals surface area contributed by atoms with Crippen LogP contribution in [0.2, 0.25) is 0 Å². The number of carbonyl (C=O) groups is 2. The van der Waals surface area contributed by atoms with Gasteiger partial charge in [0.15, 0.2) is 0 Å². The van der Waals surface area contributed by atoms with Gasteiger partial charge in [-0.25, -0.2) is 4.79 Å². The number of esters is 2. The van der Waals surface area contributed by atoms with Crippen LogP contribution in [0, 0.1) is 26.2 Å². The molecule has 1 aliphatic heterocycles. The van der Waals surface area contributed by atoms with Gasteiger partial charge in [0.05, 0.1) is 5.41 Å². The highest BCUT2D eigenvalue weighted by atomic mass is 16.6. The molecule has 1 unspecified atom stereocenters. The zero-order valence-corrected chi connectivity index (χ0v) is 26.8. The number of aliphatic hydroxyl groups is 1. The minimum atomic E-state index is -0.770. The maximum Gasteiger partial charge on any atom is 0.334 e. The van der Waals surface area contributed by atoms with Crippen molar-refractivity contribution >= 4 is 29.0 Å². The molecule has 1 aromatic heterocycles. The van der Waals surface area contributed by atoms with E-state index in [1.807, 2.05) is 89.2 Å². The zero-order valence-electron chi connectivity index (χ0n) is 26.8. The summed E-state index contributed by atoms with van der Waals surface area (Å²) in [5, 5.41) is 8.02. The summed E-state index contributed by atoms with van der Waals surface area (Å²) in [7, 11) is 1.00. The fourth-order valence-electron chi connectivity index (χ4n) is 4.37. The molecule has 1 atom stereocenters. The lowest BCUT2D eigenvalue weighted by Crippen LogP contribution is -2.31. The van der Waals surface area contributed by atoms with Gasteiger partial charge in [0, 0.05) is 30.9 Å². The van der Waals surface area contributed by atoms with Crippen molar-refractivity contribution < 1.29 is 28.6 Å². The Balaban J connectivity index is 0.000000456. The summed E-state index contributed by atoms with van der Waals surface area (Å²) in [4.78, 5) is 24.9. The summed E-state index contributed by atoms with van der Waals surface area (Å²) in [6, 6.07) is 26.0. The van der Waals surface area contributed by atoms with Gasteiger partial charge in [0.25, 0.3) is 0 Å². The first-order chi connectivity index (χ1) is 20.6. The highest BCUT2D eigenvalue weighted by Crippen LogP contribution is 2.29. The molecule has 5 rings (SSSR count). The molecule has 4 aromatic rings. The van der Waals surface area contributed by atoms with Crippen molar-refractivity contribution in [2.24, 2.45) is 5.41 Å². The smallest absolute Gasteiger partial charge is 0.334 e. The van der Waals surface area contributed by atoms with Crippen molar-refractivity contribution in [2.45, 2.75) is 67.4 Å². The number of hydrogen-bond donors (Lipinski definition) is 1. The first-order valence-corrected chi connectivity index (χ1v) is 14.7. The topological polar surface area (TPSA) is 86.0 Å². The molecule has 0 amide bonds. The number of ether oxygens (including phenoxy) is 2. The molecule has 0 radical (unpaired) electrons. The Kier molecular flexibility index (Phi) is 13.9. The van der Waals surface area contributed by atoms with Gasteiger partial charge in [-0.1, -0.05) is 91.2 Å². The average Bonchev–Trinajstić information content (AvgIpc) is 3.56. The predicted octanol–water partition coefficient (Wildman–Crippen LogP) is 8.19. The fraction of sp³-hybridized carbons (Fsp3) is 0.351. The van der Waals surface area contributed by atoms with Crippen LogP contribution in [0.25, 0.3) is 17.0 Å². The van der Waals surface area contributed by atoms with Gasteiger partial charge in [-0.15, -0.1) is 0 Å². The van der Waals surface area contributed by atoms with E-state index >= 15 is 0 Å². The largest absolute Gasteiger partial charge is 0.461 e. The van der Waals surface area contributed by atoms with Crippen LogP contribution in [-0.2, 0) is 25.5 Å². The van der Waals surface area contributed by atoms with Crippen molar-refractivity contribution in [2.75, 3.05) is 13.7 Å². The van der Waals surface area contributed by atoms with E-state index in [0.717, 1.165) is 35.0 Å². The number of fused-ring (bicyclic) bond motifs is 1. The molecule has 0 saturated carbocycles. The Labute approximate surface area is 256 Å². The Morgan fingerprint density at radius 1 is 0.907 bits per heavy atom. The lowest BCUT2D eigenvalue weighted by atomic mass is 9.88.